The minimum Gasteiger partial charge on any atom is -0.342 e. The predicted molar refractivity (Wildman–Crippen MR) is 63.4 cm³/mol. The molecule has 2 aliphatic rings. The van der Waals surface area contributed by atoms with Crippen LogP contribution in [0, 0.1) is 17.6 Å². The molecule has 0 radical (unpaired) electrons. The molecule has 1 aliphatic carbocycles. The Kier molecular flexibility index (Phi) is 2.73. The van der Waals surface area contributed by atoms with Gasteiger partial charge < -0.3 is 5.32 Å². The van der Waals surface area contributed by atoms with Crippen LogP contribution in [-0.2, 0) is 9.59 Å². The molecule has 1 atom stereocenters. The van der Waals surface area contributed by atoms with Crippen molar-refractivity contribution in [3.05, 3.63) is 29.8 Å². The Balaban J connectivity index is 1.95. The molecule has 0 spiro atoms. The van der Waals surface area contributed by atoms with E-state index in [0.717, 1.165) is 35.9 Å². The van der Waals surface area contributed by atoms with Crippen molar-refractivity contribution < 1.29 is 18.4 Å². The van der Waals surface area contributed by atoms with Crippen molar-refractivity contribution in [2.24, 2.45) is 5.92 Å². The number of halogens is 2. The molecule has 0 bridgehead atoms. The van der Waals surface area contributed by atoms with E-state index in [-0.39, 0.29) is 30.0 Å². The zero-order valence-electron chi connectivity index (χ0n) is 10.0. The Morgan fingerprint density at radius 2 is 1.95 bits per heavy atom. The number of carbonyl (C=O) groups excluding carboxylic acids is 2. The lowest BCUT2D eigenvalue weighted by molar-refractivity contribution is -0.131. The van der Waals surface area contributed by atoms with E-state index in [0.29, 0.717) is 0 Å². The van der Waals surface area contributed by atoms with E-state index in [4.69, 9.17) is 0 Å². The molecular weight excluding hydrogens is 254 g/mol. The summed E-state index contributed by atoms with van der Waals surface area (Å²) in [5, 5.41) is 2.62. The van der Waals surface area contributed by atoms with Crippen LogP contribution in [0.2, 0.25) is 0 Å². The molecule has 1 saturated heterocycles. The third-order valence-electron chi connectivity index (χ3n) is 3.44. The van der Waals surface area contributed by atoms with Gasteiger partial charge in [0, 0.05) is 6.07 Å². The van der Waals surface area contributed by atoms with E-state index < -0.39 is 17.7 Å². The second-order valence-electron chi connectivity index (χ2n) is 4.90. The van der Waals surface area contributed by atoms with Gasteiger partial charge in [0.15, 0.2) is 0 Å². The van der Waals surface area contributed by atoms with Crippen molar-refractivity contribution in [2.75, 3.05) is 11.4 Å². The Morgan fingerprint density at radius 1 is 1.21 bits per heavy atom. The third kappa shape index (κ3) is 2.18. The van der Waals surface area contributed by atoms with Gasteiger partial charge >= 0.3 is 0 Å². The van der Waals surface area contributed by atoms with Gasteiger partial charge in [-0.2, -0.15) is 0 Å². The van der Waals surface area contributed by atoms with E-state index in [1.165, 1.54) is 0 Å². The minimum atomic E-state index is -0.709. The Labute approximate surface area is 108 Å². The van der Waals surface area contributed by atoms with Crippen LogP contribution < -0.4 is 10.2 Å². The number of nitrogens with one attached hydrogen (secondary N) is 1. The summed E-state index contributed by atoms with van der Waals surface area (Å²) >= 11 is 0. The predicted octanol–water partition coefficient (Wildman–Crippen LogP) is 1.21. The average molecular weight is 266 g/mol. The zero-order valence-corrected chi connectivity index (χ0v) is 10.0. The Hall–Kier alpha value is -1.98. The second-order valence-corrected chi connectivity index (χ2v) is 4.90. The normalized spacial score (nSPS) is 23.5. The van der Waals surface area contributed by atoms with Gasteiger partial charge in [0.05, 0.1) is 5.69 Å². The van der Waals surface area contributed by atoms with Crippen LogP contribution in [0.25, 0.3) is 0 Å². The highest BCUT2D eigenvalue weighted by atomic mass is 19.1. The van der Waals surface area contributed by atoms with Crippen LogP contribution >= 0.6 is 0 Å². The monoisotopic (exact) mass is 266 g/mol. The summed E-state index contributed by atoms with van der Waals surface area (Å²) in [6.45, 7) is -0.275. The third-order valence-corrected chi connectivity index (χ3v) is 3.44. The molecular formula is C13H12F2N2O2. The molecule has 1 unspecified atom stereocenters. The van der Waals surface area contributed by atoms with Crippen LogP contribution in [0.15, 0.2) is 18.2 Å². The SMILES string of the molecule is O=C1CN(c2cc(F)ccc2F)C(=O)C(C2CC2)N1. The van der Waals surface area contributed by atoms with Gasteiger partial charge in [0.25, 0.3) is 0 Å². The summed E-state index contributed by atoms with van der Waals surface area (Å²) in [5.74, 6) is -1.94. The number of benzene rings is 1. The maximum absolute atomic E-state index is 13.7. The number of carbonyl (C=O) groups is 2. The molecule has 1 N–H and O–H groups in total. The van der Waals surface area contributed by atoms with Gasteiger partial charge in [0.2, 0.25) is 11.8 Å². The molecule has 2 amide bonds. The number of nitrogens with zero attached hydrogens (tertiary/aromatic N) is 1. The molecule has 1 heterocycles. The van der Waals surface area contributed by atoms with Crippen molar-refractivity contribution in [3.63, 3.8) is 0 Å². The fourth-order valence-electron chi connectivity index (χ4n) is 2.32. The van der Waals surface area contributed by atoms with Crippen molar-refractivity contribution in [3.8, 4) is 0 Å². The summed E-state index contributed by atoms with van der Waals surface area (Å²) in [6, 6.07) is 2.27. The summed E-state index contributed by atoms with van der Waals surface area (Å²) in [4.78, 5) is 24.9. The molecule has 1 aromatic rings. The lowest BCUT2D eigenvalue weighted by Crippen LogP contribution is -2.59. The van der Waals surface area contributed by atoms with Crippen molar-refractivity contribution in [2.45, 2.75) is 18.9 Å². The molecule has 3 rings (SSSR count). The highest BCUT2D eigenvalue weighted by Crippen LogP contribution is 2.35. The highest BCUT2D eigenvalue weighted by molar-refractivity contribution is 6.06. The van der Waals surface area contributed by atoms with E-state index in [1.54, 1.807) is 0 Å². The fraction of sp³-hybridized carbons (Fsp3) is 0.385. The lowest BCUT2D eigenvalue weighted by atomic mass is 10.1. The van der Waals surface area contributed by atoms with Crippen LogP contribution in [0.4, 0.5) is 14.5 Å². The molecule has 1 aromatic carbocycles. The number of hydrogen-bond acceptors (Lipinski definition) is 2. The molecule has 0 aromatic heterocycles. The van der Waals surface area contributed by atoms with Gasteiger partial charge in [-0.3, -0.25) is 14.5 Å². The van der Waals surface area contributed by atoms with Crippen molar-refractivity contribution in [1.29, 1.82) is 0 Å². The molecule has 1 aliphatic heterocycles. The standard InChI is InChI=1S/C13H12F2N2O2/c14-8-3-4-9(15)10(5-8)17-6-11(18)16-12(13(17)19)7-1-2-7/h3-5,7,12H,1-2,6H2,(H,16,18). The number of hydrogen-bond donors (Lipinski definition) is 1. The van der Waals surface area contributed by atoms with E-state index in [9.17, 15) is 18.4 Å². The summed E-state index contributed by atoms with van der Waals surface area (Å²) < 4.78 is 26.9. The number of amides is 2. The summed E-state index contributed by atoms with van der Waals surface area (Å²) in [6.07, 6.45) is 1.74. The maximum Gasteiger partial charge on any atom is 0.250 e. The topological polar surface area (TPSA) is 49.4 Å². The van der Waals surface area contributed by atoms with Crippen molar-refractivity contribution >= 4 is 17.5 Å². The van der Waals surface area contributed by atoms with Crippen LogP contribution in [-0.4, -0.2) is 24.4 Å². The second kappa shape index (κ2) is 4.29. The molecule has 100 valence electrons. The first-order chi connectivity index (χ1) is 9.06. The molecule has 1 saturated carbocycles. The fourth-order valence-corrected chi connectivity index (χ4v) is 2.32. The minimum absolute atomic E-state index is 0.121. The molecule has 2 fully saturated rings. The molecule has 4 nitrogen and oxygen atoms in total. The summed E-state index contributed by atoms with van der Waals surface area (Å²) in [7, 11) is 0. The smallest absolute Gasteiger partial charge is 0.250 e. The number of anilines is 1. The van der Waals surface area contributed by atoms with E-state index in [2.05, 4.69) is 5.32 Å². The van der Waals surface area contributed by atoms with Crippen molar-refractivity contribution in [1.82, 2.24) is 5.32 Å². The molecule has 6 heteroatoms. The highest BCUT2D eigenvalue weighted by Gasteiger charge is 2.43. The quantitative estimate of drug-likeness (QED) is 0.874. The van der Waals surface area contributed by atoms with Gasteiger partial charge in [-0.25, -0.2) is 8.78 Å². The first-order valence-electron chi connectivity index (χ1n) is 6.12. The number of rotatable bonds is 2. The van der Waals surface area contributed by atoms with Gasteiger partial charge in [0.1, 0.15) is 24.2 Å². The average Bonchev–Trinajstić information content (AvgIpc) is 3.19. The van der Waals surface area contributed by atoms with Gasteiger partial charge in [-0.1, -0.05) is 0 Å². The first-order valence-corrected chi connectivity index (χ1v) is 6.12. The van der Waals surface area contributed by atoms with Gasteiger partial charge in [-0.15, -0.1) is 0 Å². The Morgan fingerprint density at radius 3 is 2.63 bits per heavy atom. The Bertz CT molecular complexity index is 558. The maximum atomic E-state index is 13.7. The lowest BCUT2D eigenvalue weighted by Gasteiger charge is -2.32. The first kappa shape index (κ1) is 12.1. The van der Waals surface area contributed by atoms with Crippen LogP contribution in [0.1, 0.15) is 12.8 Å². The van der Waals surface area contributed by atoms with Gasteiger partial charge in [-0.05, 0) is 30.9 Å². The van der Waals surface area contributed by atoms with E-state index in [1.807, 2.05) is 0 Å². The van der Waals surface area contributed by atoms with E-state index >= 15 is 0 Å². The van der Waals surface area contributed by atoms with Crippen LogP contribution in [0.5, 0.6) is 0 Å². The number of piperazine rings is 1. The summed E-state index contributed by atoms with van der Waals surface area (Å²) in [5.41, 5.74) is -0.175. The largest absolute Gasteiger partial charge is 0.342 e. The zero-order chi connectivity index (χ0) is 13.6. The van der Waals surface area contributed by atoms with Crippen LogP contribution in [0.3, 0.4) is 0 Å². The molecule has 19 heavy (non-hydrogen) atoms.